The van der Waals surface area contributed by atoms with Gasteiger partial charge in [0.25, 0.3) is 0 Å². The van der Waals surface area contributed by atoms with Crippen LogP contribution in [0.4, 0.5) is 0 Å². The topological polar surface area (TPSA) is 42.1 Å². The molecule has 3 heteroatoms. The summed E-state index contributed by atoms with van der Waals surface area (Å²) in [6.45, 7) is 0.607. The molecule has 0 saturated heterocycles. The Kier molecular flexibility index (Phi) is 3.38. The first-order valence-corrected chi connectivity index (χ1v) is 5.20. The monoisotopic (exact) mass is 215 g/mol. The fourth-order valence-electron chi connectivity index (χ4n) is 1.42. The van der Waals surface area contributed by atoms with Gasteiger partial charge < -0.3 is 9.72 Å². The van der Waals surface area contributed by atoms with Crippen LogP contribution in [0, 0.1) is 0 Å². The number of nitrogens with one attached hydrogen (secondary N) is 1. The van der Waals surface area contributed by atoms with E-state index in [0.717, 1.165) is 6.42 Å². The predicted octanol–water partition coefficient (Wildman–Crippen LogP) is 2.00. The molecule has 0 aliphatic heterocycles. The van der Waals surface area contributed by atoms with Crippen molar-refractivity contribution >= 4 is 0 Å². The Morgan fingerprint density at radius 1 is 1.06 bits per heavy atom. The summed E-state index contributed by atoms with van der Waals surface area (Å²) in [4.78, 5) is 13.4. The van der Waals surface area contributed by atoms with E-state index in [4.69, 9.17) is 4.74 Å². The molecule has 16 heavy (non-hydrogen) atoms. The van der Waals surface area contributed by atoms with Crippen LogP contribution in [0.3, 0.4) is 0 Å². The van der Waals surface area contributed by atoms with Gasteiger partial charge in [-0.05, 0) is 11.6 Å². The Morgan fingerprint density at radius 3 is 2.56 bits per heavy atom. The standard InChI is InChI=1S/C13H13NO2/c15-13-7-6-12(10-14-13)16-9-8-11-4-2-1-3-5-11/h1-7,10H,8-9H2,(H,14,15). The Morgan fingerprint density at radius 2 is 1.88 bits per heavy atom. The Labute approximate surface area is 93.7 Å². The molecule has 0 bridgehead atoms. The zero-order chi connectivity index (χ0) is 11.2. The molecule has 0 saturated carbocycles. The van der Waals surface area contributed by atoms with Gasteiger partial charge >= 0.3 is 0 Å². The van der Waals surface area contributed by atoms with Crippen molar-refractivity contribution in [1.29, 1.82) is 0 Å². The van der Waals surface area contributed by atoms with Crippen molar-refractivity contribution in [2.75, 3.05) is 6.61 Å². The molecular formula is C13H13NO2. The Bertz CT molecular complexity index is 470. The predicted molar refractivity (Wildman–Crippen MR) is 62.7 cm³/mol. The number of aromatic amines is 1. The van der Waals surface area contributed by atoms with Gasteiger partial charge in [-0.1, -0.05) is 30.3 Å². The molecule has 0 radical (unpaired) electrons. The average Bonchev–Trinajstić information content (AvgIpc) is 2.33. The lowest BCUT2D eigenvalue weighted by molar-refractivity contribution is 0.320. The summed E-state index contributed by atoms with van der Waals surface area (Å²) in [5, 5.41) is 0. The first kappa shape index (κ1) is 10.5. The first-order valence-electron chi connectivity index (χ1n) is 5.20. The maximum Gasteiger partial charge on any atom is 0.248 e. The second-order valence-corrected chi connectivity index (χ2v) is 3.47. The maximum absolute atomic E-state index is 10.8. The number of aromatic nitrogens is 1. The third-order valence-electron chi connectivity index (χ3n) is 2.26. The normalized spacial score (nSPS) is 10.0. The summed E-state index contributed by atoms with van der Waals surface area (Å²) in [7, 11) is 0. The SMILES string of the molecule is O=c1ccc(OCCc2ccccc2)c[nH]1. The highest BCUT2D eigenvalue weighted by Crippen LogP contribution is 2.06. The molecule has 0 fully saturated rings. The molecule has 0 aliphatic carbocycles. The molecule has 3 nitrogen and oxygen atoms in total. The Balaban J connectivity index is 1.84. The molecule has 0 unspecified atom stereocenters. The summed E-state index contributed by atoms with van der Waals surface area (Å²) in [5.41, 5.74) is 1.13. The minimum atomic E-state index is -0.115. The summed E-state index contributed by atoms with van der Waals surface area (Å²) >= 11 is 0. The summed E-state index contributed by atoms with van der Waals surface area (Å²) < 4.78 is 5.49. The van der Waals surface area contributed by atoms with Gasteiger partial charge in [0.1, 0.15) is 5.75 Å². The van der Waals surface area contributed by atoms with Gasteiger partial charge in [-0.25, -0.2) is 0 Å². The van der Waals surface area contributed by atoms with Gasteiger partial charge in [-0.3, -0.25) is 4.79 Å². The van der Waals surface area contributed by atoms with Gasteiger partial charge in [0.15, 0.2) is 0 Å². The summed E-state index contributed by atoms with van der Waals surface area (Å²) in [6.07, 6.45) is 2.44. The average molecular weight is 215 g/mol. The lowest BCUT2D eigenvalue weighted by atomic mass is 10.2. The molecule has 1 heterocycles. The largest absolute Gasteiger partial charge is 0.492 e. The van der Waals surface area contributed by atoms with Gasteiger partial charge in [0.05, 0.1) is 6.61 Å². The molecule has 2 rings (SSSR count). The van der Waals surface area contributed by atoms with Gasteiger partial charge in [0, 0.05) is 18.7 Å². The van der Waals surface area contributed by atoms with E-state index in [1.807, 2.05) is 18.2 Å². The van der Waals surface area contributed by atoms with Crippen LogP contribution in [0.1, 0.15) is 5.56 Å². The minimum Gasteiger partial charge on any atom is -0.492 e. The van der Waals surface area contributed by atoms with Gasteiger partial charge in [0.2, 0.25) is 5.56 Å². The molecule has 2 aromatic rings. The molecular weight excluding hydrogens is 202 g/mol. The van der Waals surface area contributed by atoms with Crippen LogP contribution >= 0.6 is 0 Å². The van der Waals surface area contributed by atoms with E-state index in [1.54, 1.807) is 12.3 Å². The van der Waals surface area contributed by atoms with Crippen molar-refractivity contribution in [3.8, 4) is 5.75 Å². The summed E-state index contributed by atoms with van der Waals surface area (Å²) in [6, 6.07) is 13.3. The molecule has 82 valence electrons. The van der Waals surface area contributed by atoms with Crippen molar-refractivity contribution in [3.63, 3.8) is 0 Å². The fraction of sp³-hybridized carbons (Fsp3) is 0.154. The molecule has 0 atom stereocenters. The number of hydrogen-bond donors (Lipinski definition) is 1. The number of H-pyrrole nitrogens is 1. The van der Waals surface area contributed by atoms with Crippen LogP contribution in [0.2, 0.25) is 0 Å². The molecule has 0 amide bonds. The number of rotatable bonds is 4. The van der Waals surface area contributed by atoms with Crippen LogP contribution < -0.4 is 10.3 Å². The lowest BCUT2D eigenvalue weighted by Crippen LogP contribution is -2.05. The number of benzene rings is 1. The quantitative estimate of drug-likeness (QED) is 0.847. The van der Waals surface area contributed by atoms with Gasteiger partial charge in [-0.15, -0.1) is 0 Å². The van der Waals surface area contributed by atoms with E-state index in [1.165, 1.54) is 11.6 Å². The Hall–Kier alpha value is -2.03. The zero-order valence-electron chi connectivity index (χ0n) is 8.85. The van der Waals surface area contributed by atoms with E-state index in [9.17, 15) is 4.79 Å². The second kappa shape index (κ2) is 5.16. The zero-order valence-corrected chi connectivity index (χ0v) is 8.85. The van der Waals surface area contributed by atoms with Crippen molar-refractivity contribution < 1.29 is 4.74 Å². The highest BCUT2D eigenvalue weighted by atomic mass is 16.5. The van der Waals surface area contributed by atoms with Crippen molar-refractivity contribution in [3.05, 3.63) is 64.6 Å². The van der Waals surface area contributed by atoms with E-state index in [0.29, 0.717) is 12.4 Å². The van der Waals surface area contributed by atoms with Crippen molar-refractivity contribution in [1.82, 2.24) is 4.98 Å². The van der Waals surface area contributed by atoms with Crippen molar-refractivity contribution in [2.24, 2.45) is 0 Å². The highest BCUT2D eigenvalue weighted by Gasteiger charge is 1.94. The fourth-order valence-corrected chi connectivity index (χ4v) is 1.42. The van der Waals surface area contributed by atoms with E-state index < -0.39 is 0 Å². The summed E-state index contributed by atoms with van der Waals surface area (Å²) in [5.74, 6) is 0.690. The van der Waals surface area contributed by atoms with Crippen LogP contribution in [0.5, 0.6) is 5.75 Å². The second-order valence-electron chi connectivity index (χ2n) is 3.47. The van der Waals surface area contributed by atoms with E-state index in [2.05, 4.69) is 17.1 Å². The minimum absolute atomic E-state index is 0.115. The van der Waals surface area contributed by atoms with Crippen molar-refractivity contribution in [2.45, 2.75) is 6.42 Å². The third-order valence-corrected chi connectivity index (χ3v) is 2.26. The number of pyridine rings is 1. The van der Waals surface area contributed by atoms with Crippen LogP contribution in [-0.2, 0) is 6.42 Å². The molecule has 1 aromatic carbocycles. The maximum atomic E-state index is 10.8. The van der Waals surface area contributed by atoms with Crippen LogP contribution in [-0.4, -0.2) is 11.6 Å². The molecule has 0 aliphatic rings. The van der Waals surface area contributed by atoms with Crippen LogP contribution in [0.15, 0.2) is 53.5 Å². The first-order chi connectivity index (χ1) is 7.84. The third kappa shape index (κ3) is 2.98. The molecule has 1 aromatic heterocycles. The highest BCUT2D eigenvalue weighted by molar-refractivity contribution is 5.17. The number of ether oxygens (including phenoxy) is 1. The van der Waals surface area contributed by atoms with Gasteiger partial charge in [-0.2, -0.15) is 0 Å². The van der Waals surface area contributed by atoms with Crippen LogP contribution in [0.25, 0.3) is 0 Å². The lowest BCUT2D eigenvalue weighted by Gasteiger charge is -2.05. The van der Waals surface area contributed by atoms with E-state index >= 15 is 0 Å². The van der Waals surface area contributed by atoms with E-state index in [-0.39, 0.29) is 5.56 Å². The molecule has 0 spiro atoms. The molecule has 1 N–H and O–H groups in total. The smallest absolute Gasteiger partial charge is 0.248 e. The number of hydrogen-bond acceptors (Lipinski definition) is 2.